The largest absolute Gasteiger partial charge is 0.497 e. The molecule has 0 unspecified atom stereocenters. The fourth-order valence-electron chi connectivity index (χ4n) is 3.59. The van der Waals surface area contributed by atoms with Crippen LogP contribution in [0.2, 0.25) is 0 Å². The maximum atomic E-state index is 13.6. The molecule has 0 saturated carbocycles. The molecule has 150 valence electrons. The highest BCUT2D eigenvalue weighted by molar-refractivity contribution is 5.82. The highest BCUT2D eigenvalue weighted by Gasteiger charge is 2.25. The van der Waals surface area contributed by atoms with Crippen molar-refractivity contribution in [1.29, 1.82) is 0 Å². The average molecular weight is 393 g/mol. The Morgan fingerprint density at radius 2 is 1.69 bits per heavy atom. The lowest BCUT2D eigenvalue weighted by molar-refractivity contribution is 0.393. The number of methoxy groups -OCH3 is 2. The van der Waals surface area contributed by atoms with Gasteiger partial charge in [-0.1, -0.05) is 12.1 Å². The van der Waals surface area contributed by atoms with E-state index in [-0.39, 0.29) is 5.56 Å². The van der Waals surface area contributed by atoms with E-state index in [1.807, 2.05) is 50.3 Å². The van der Waals surface area contributed by atoms with Crippen molar-refractivity contribution in [3.63, 3.8) is 0 Å². The molecule has 0 radical (unpaired) electrons. The van der Waals surface area contributed by atoms with Crippen LogP contribution in [0.25, 0.3) is 28.1 Å². The monoisotopic (exact) mass is 393 g/mol. The van der Waals surface area contributed by atoms with Crippen LogP contribution in [-0.4, -0.2) is 47.6 Å². The second-order valence-corrected chi connectivity index (χ2v) is 6.91. The van der Waals surface area contributed by atoms with Crippen molar-refractivity contribution in [1.82, 2.24) is 19.3 Å². The zero-order valence-electron chi connectivity index (χ0n) is 17.1. The van der Waals surface area contributed by atoms with Crippen LogP contribution in [0.15, 0.2) is 47.3 Å². The van der Waals surface area contributed by atoms with Gasteiger partial charge in [0.2, 0.25) is 0 Å². The van der Waals surface area contributed by atoms with Gasteiger partial charge in [0, 0.05) is 39.3 Å². The molecule has 2 heterocycles. The van der Waals surface area contributed by atoms with Crippen molar-refractivity contribution in [2.45, 2.75) is 0 Å². The second kappa shape index (κ2) is 7.05. The van der Waals surface area contributed by atoms with Gasteiger partial charge in [-0.05, 0) is 12.1 Å². The molecule has 0 bridgehead atoms. The summed E-state index contributed by atoms with van der Waals surface area (Å²) >= 11 is 0. The lowest BCUT2D eigenvalue weighted by Gasteiger charge is -2.17. The molecule has 0 atom stereocenters. The SMILES string of the molecule is COc1cc(OC)cc(-n2c(=O)c(-c3nc4ccccc4[nH]3)c(N(C)C)n2C)c1. The standard InChI is InChI=1S/C21H23N5O3/c1-24(2)20-18(19-22-16-8-6-7-9-17(16)23-19)21(27)26(25(20)3)13-10-14(28-4)12-15(11-13)29-5/h6-12H,1-5H3,(H,22,23). The maximum Gasteiger partial charge on any atom is 0.284 e. The molecule has 0 aliphatic heterocycles. The number of aromatic nitrogens is 4. The van der Waals surface area contributed by atoms with Crippen LogP contribution < -0.4 is 19.9 Å². The van der Waals surface area contributed by atoms with Gasteiger partial charge in [-0.15, -0.1) is 0 Å². The molecule has 2 aromatic heterocycles. The lowest BCUT2D eigenvalue weighted by atomic mass is 10.2. The molecule has 0 aliphatic carbocycles. The van der Waals surface area contributed by atoms with Crippen molar-refractivity contribution in [3.8, 4) is 28.6 Å². The van der Waals surface area contributed by atoms with Crippen LogP contribution >= 0.6 is 0 Å². The maximum absolute atomic E-state index is 13.6. The average Bonchev–Trinajstić information content (AvgIpc) is 3.25. The smallest absolute Gasteiger partial charge is 0.284 e. The van der Waals surface area contributed by atoms with E-state index in [2.05, 4.69) is 9.97 Å². The number of fused-ring (bicyclic) bond motifs is 1. The molecule has 4 rings (SSSR count). The number of nitrogens with one attached hydrogen (secondary N) is 1. The Bertz CT molecular complexity index is 1190. The van der Waals surface area contributed by atoms with Crippen LogP contribution in [0.4, 0.5) is 5.82 Å². The number of H-pyrrole nitrogens is 1. The molecule has 0 fully saturated rings. The van der Waals surface area contributed by atoms with E-state index in [0.717, 1.165) is 16.9 Å². The Labute approximate surface area is 167 Å². The molecule has 1 N–H and O–H groups in total. The summed E-state index contributed by atoms with van der Waals surface area (Å²) < 4.78 is 14.1. The highest BCUT2D eigenvalue weighted by Crippen LogP contribution is 2.30. The number of rotatable bonds is 5. The van der Waals surface area contributed by atoms with Gasteiger partial charge in [-0.25, -0.2) is 9.67 Å². The Hall–Kier alpha value is -3.68. The first-order valence-electron chi connectivity index (χ1n) is 9.12. The van der Waals surface area contributed by atoms with E-state index in [4.69, 9.17) is 9.47 Å². The first kappa shape index (κ1) is 18.7. The minimum atomic E-state index is -0.189. The van der Waals surface area contributed by atoms with Crippen molar-refractivity contribution in [2.24, 2.45) is 7.05 Å². The van der Waals surface area contributed by atoms with E-state index < -0.39 is 0 Å². The zero-order valence-corrected chi connectivity index (χ0v) is 17.1. The van der Waals surface area contributed by atoms with E-state index in [1.54, 1.807) is 41.8 Å². The topological polar surface area (TPSA) is 77.3 Å². The molecule has 0 saturated heterocycles. The number of hydrogen-bond donors (Lipinski definition) is 1. The number of nitrogens with zero attached hydrogens (tertiary/aromatic N) is 4. The molecule has 4 aromatic rings. The summed E-state index contributed by atoms with van der Waals surface area (Å²) in [5.41, 5.74) is 2.63. The Balaban J connectivity index is 2.01. The third kappa shape index (κ3) is 3.02. The minimum Gasteiger partial charge on any atom is -0.497 e. The number of hydrogen-bond acceptors (Lipinski definition) is 5. The quantitative estimate of drug-likeness (QED) is 0.564. The summed E-state index contributed by atoms with van der Waals surface area (Å²) in [7, 11) is 8.80. The Kier molecular flexibility index (Phi) is 4.54. The third-order valence-electron chi connectivity index (χ3n) is 4.87. The van der Waals surface area contributed by atoms with Crippen molar-refractivity contribution < 1.29 is 9.47 Å². The predicted molar refractivity (Wildman–Crippen MR) is 114 cm³/mol. The molecule has 8 heteroatoms. The van der Waals surface area contributed by atoms with Gasteiger partial charge < -0.3 is 19.4 Å². The van der Waals surface area contributed by atoms with Gasteiger partial charge >= 0.3 is 0 Å². The number of para-hydroxylation sites is 2. The minimum absolute atomic E-state index is 0.189. The summed E-state index contributed by atoms with van der Waals surface area (Å²) in [6, 6.07) is 13.1. The van der Waals surface area contributed by atoms with E-state index >= 15 is 0 Å². The molecule has 0 amide bonds. The van der Waals surface area contributed by atoms with Crippen LogP contribution in [0.3, 0.4) is 0 Å². The van der Waals surface area contributed by atoms with Crippen LogP contribution in [0.1, 0.15) is 0 Å². The number of benzene rings is 2. The molecule has 0 aliphatic rings. The fraction of sp³-hybridized carbons (Fsp3) is 0.238. The number of aromatic amines is 1. The van der Waals surface area contributed by atoms with Crippen molar-refractivity contribution in [2.75, 3.05) is 33.2 Å². The number of anilines is 1. The van der Waals surface area contributed by atoms with Gasteiger partial charge in [-0.3, -0.25) is 9.48 Å². The van der Waals surface area contributed by atoms with Gasteiger partial charge in [0.15, 0.2) is 0 Å². The number of ether oxygens (including phenoxy) is 2. The van der Waals surface area contributed by atoms with Crippen LogP contribution in [-0.2, 0) is 7.05 Å². The van der Waals surface area contributed by atoms with Crippen molar-refractivity contribution >= 4 is 16.9 Å². The van der Waals surface area contributed by atoms with E-state index in [1.165, 1.54) is 0 Å². The molecule has 0 spiro atoms. The normalized spacial score (nSPS) is 11.1. The van der Waals surface area contributed by atoms with Gasteiger partial charge in [0.1, 0.15) is 28.7 Å². The van der Waals surface area contributed by atoms with E-state index in [0.29, 0.717) is 28.6 Å². The molecule has 8 nitrogen and oxygen atoms in total. The number of imidazole rings is 1. The van der Waals surface area contributed by atoms with Gasteiger partial charge in [-0.2, -0.15) is 0 Å². The summed E-state index contributed by atoms with van der Waals surface area (Å²) in [6.07, 6.45) is 0. The summed E-state index contributed by atoms with van der Waals surface area (Å²) in [5, 5.41) is 0. The van der Waals surface area contributed by atoms with Crippen LogP contribution in [0.5, 0.6) is 11.5 Å². The first-order chi connectivity index (χ1) is 13.9. The summed E-state index contributed by atoms with van der Waals surface area (Å²) in [5.74, 6) is 2.47. The van der Waals surface area contributed by atoms with Gasteiger partial charge in [0.25, 0.3) is 5.56 Å². The molecular weight excluding hydrogens is 370 g/mol. The Morgan fingerprint density at radius 1 is 1.03 bits per heavy atom. The highest BCUT2D eigenvalue weighted by atomic mass is 16.5. The summed E-state index contributed by atoms with van der Waals surface area (Å²) in [6.45, 7) is 0. The molecule has 29 heavy (non-hydrogen) atoms. The van der Waals surface area contributed by atoms with Crippen molar-refractivity contribution in [3.05, 3.63) is 52.8 Å². The van der Waals surface area contributed by atoms with E-state index in [9.17, 15) is 4.79 Å². The second-order valence-electron chi connectivity index (χ2n) is 6.91. The summed E-state index contributed by atoms with van der Waals surface area (Å²) in [4.78, 5) is 23.4. The zero-order chi connectivity index (χ0) is 20.7. The molecular formula is C21H23N5O3. The molecule has 2 aromatic carbocycles. The third-order valence-corrected chi connectivity index (χ3v) is 4.87. The van der Waals surface area contributed by atoms with Crippen LogP contribution in [0, 0.1) is 0 Å². The van der Waals surface area contributed by atoms with Gasteiger partial charge in [0.05, 0.1) is 30.9 Å². The fourth-order valence-corrected chi connectivity index (χ4v) is 3.59. The Morgan fingerprint density at radius 3 is 2.28 bits per heavy atom. The lowest BCUT2D eigenvalue weighted by Crippen LogP contribution is -2.21. The predicted octanol–water partition coefficient (Wildman–Crippen LogP) is 2.80. The first-order valence-corrected chi connectivity index (χ1v) is 9.12.